The van der Waals surface area contributed by atoms with Crippen molar-refractivity contribution in [2.24, 2.45) is 0 Å². The van der Waals surface area contributed by atoms with Gasteiger partial charge in [-0.2, -0.15) is 0 Å². The predicted molar refractivity (Wildman–Crippen MR) is 124 cm³/mol. The maximum Gasteiger partial charge on any atom is 0.244 e. The van der Waals surface area contributed by atoms with E-state index in [9.17, 15) is 13.2 Å². The van der Waals surface area contributed by atoms with Crippen molar-refractivity contribution in [3.8, 4) is 11.5 Å². The number of halogens is 1. The fourth-order valence-electron chi connectivity index (χ4n) is 3.45. The molecule has 1 amide bonds. The van der Waals surface area contributed by atoms with Gasteiger partial charge in [-0.15, -0.1) is 0 Å². The molecule has 0 aliphatic heterocycles. The summed E-state index contributed by atoms with van der Waals surface area (Å²) in [6, 6.07) is 8.99. The van der Waals surface area contributed by atoms with E-state index in [0.29, 0.717) is 17.2 Å². The van der Waals surface area contributed by atoms with E-state index in [1.807, 2.05) is 32.0 Å². The Balaban J connectivity index is 2.37. The molecular weight excluding hydrogens is 440 g/mol. The Morgan fingerprint density at radius 1 is 1.13 bits per heavy atom. The minimum atomic E-state index is -3.82. The predicted octanol–water partition coefficient (Wildman–Crippen LogP) is 4.09. The van der Waals surface area contributed by atoms with Gasteiger partial charge in [-0.05, 0) is 55.7 Å². The molecule has 0 unspecified atom stereocenters. The normalized spacial score (nSPS) is 13.3. The standard InChI is InChI=1S/C22H29ClN2O5S/c1-7-18(16-8-10-20(29-4)14(2)12-16)24-22(26)15(3)25(31(6,27)28)19-13-17(23)9-11-21(19)30-5/h8-13,15,18H,7H2,1-6H3,(H,24,26)/t15-,18-/m1/s1. The molecule has 31 heavy (non-hydrogen) atoms. The van der Waals surface area contributed by atoms with Crippen LogP contribution in [0.4, 0.5) is 5.69 Å². The second-order valence-electron chi connectivity index (χ2n) is 7.25. The number of carbonyl (C=O) groups excluding carboxylic acids is 1. The second kappa shape index (κ2) is 10.2. The summed E-state index contributed by atoms with van der Waals surface area (Å²) in [4.78, 5) is 13.1. The molecule has 0 saturated heterocycles. The van der Waals surface area contributed by atoms with Gasteiger partial charge >= 0.3 is 0 Å². The third-order valence-electron chi connectivity index (χ3n) is 5.01. The van der Waals surface area contributed by atoms with Gasteiger partial charge in [0.15, 0.2) is 0 Å². The molecule has 0 bridgehead atoms. The Bertz CT molecular complexity index is 1040. The van der Waals surface area contributed by atoms with Crippen LogP contribution in [0, 0.1) is 6.92 Å². The molecule has 0 saturated carbocycles. The molecule has 2 aromatic rings. The third kappa shape index (κ3) is 5.83. The molecule has 0 spiro atoms. The number of ether oxygens (including phenoxy) is 2. The van der Waals surface area contributed by atoms with E-state index >= 15 is 0 Å². The summed E-state index contributed by atoms with van der Waals surface area (Å²) in [6.45, 7) is 5.41. The van der Waals surface area contributed by atoms with E-state index in [0.717, 1.165) is 27.4 Å². The van der Waals surface area contributed by atoms with Crippen LogP contribution in [0.1, 0.15) is 37.4 Å². The van der Waals surface area contributed by atoms with Crippen molar-refractivity contribution < 1.29 is 22.7 Å². The van der Waals surface area contributed by atoms with Crippen LogP contribution in [0.25, 0.3) is 0 Å². The van der Waals surface area contributed by atoms with Gasteiger partial charge in [-0.3, -0.25) is 9.10 Å². The molecule has 0 radical (unpaired) electrons. The minimum Gasteiger partial charge on any atom is -0.496 e. The van der Waals surface area contributed by atoms with Gasteiger partial charge in [-0.25, -0.2) is 8.42 Å². The van der Waals surface area contributed by atoms with Crippen LogP contribution in [0.3, 0.4) is 0 Å². The number of anilines is 1. The summed E-state index contributed by atoms with van der Waals surface area (Å²) in [6.07, 6.45) is 1.67. The Morgan fingerprint density at radius 2 is 1.74 bits per heavy atom. The SMILES string of the molecule is CC[C@@H](NC(=O)[C@@H](C)N(c1cc(Cl)ccc1OC)S(C)(=O)=O)c1ccc(OC)c(C)c1. The number of methoxy groups -OCH3 is 2. The van der Waals surface area contributed by atoms with Gasteiger partial charge in [0.05, 0.1) is 32.2 Å². The summed E-state index contributed by atoms with van der Waals surface area (Å²) in [5, 5.41) is 3.29. The van der Waals surface area contributed by atoms with Crippen LogP contribution < -0.4 is 19.1 Å². The van der Waals surface area contributed by atoms with Crippen molar-refractivity contribution in [3.05, 3.63) is 52.5 Å². The summed E-state index contributed by atoms with van der Waals surface area (Å²) in [5.41, 5.74) is 2.06. The largest absolute Gasteiger partial charge is 0.496 e. The molecule has 0 fully saturated rings. The van der Waals surface area contributed by atoms with Gasteiger partial charge in [-0.1, -0.05) is 30.7 Å². The first-order valence-electron chi connectivity index (χ1n) is 9.81. The lowest BCUT2D eigenvalue weighted by Crippen LogP contribution is -2.48. The molecule has 9 heteroatoms. The number of rotatable bonds is 9. The number of benzene rings is 2. The summed E-state index contributed by atoms with van der Waals surface area (Å²) >= 11 is 6.09. The minimum absolute atomic E-state index is 0.202. The highest BCUT2D eigenvalue weighted by Crippen LogP contribution is 2.34. The van der Waals surface area contributed by atoms with Crippen LogP contribution in [0.5, 0.6) is 11.5 Å². The number of nitrogens with zero attached hydrogens (tertiary/aromatic N) is 1. The lowest BCUT2D eigenvalue weighted by atomic mass is 10.0. The molecule has 7 nitrogen and oxygen atoms in total. The zero-order valence-electron chi connectivity index (χ0n) is 18.6. The molecule has 1 N–H and O–H groups in total. The lowest BCUT2D eigenvalue weighted by molar-refractivity contribution is -0.122. The van der Waals surface area contributed by atoms with Gasteiger partial charge in [0.2, 0.25) is 15.9 Å². The Morgan fingerprint density at radius 3 is 2.26 bits per heavy atom. The van der Waals surface area contributed by atoms with Crippen molar-refractivity contribution in [2.75, 3.05) is 24.8 Å². The van der Waals surface area contributed by atoms with Crippen molar-refractivity contribution in [3.63, 3.8) is 0 Å². The van der Waals surface area contributed by atoms with Gasteiger partial charge in [0.25, 0.3) is 0 Å². The Labute approximate surface area is 189 Å². The molecular formula is C22H29ClN2O5S. The van der Waals surface area contributed by atoms with E-state index in [1.165, 1.54) is 20.1 Å². The second-order valence-corrected chi connectivity index (χ2v) is 9.55. The first-order valence-corrected chi connectivity index (χ1v) is 12.0. The summed E-state index contributed by atoms with van der Waals surface area (Å²) in [5.74, 6) is 0.620. The molecule has 2 aromatic carbocycles. The van der Waals surface area contributed by atoms with E-state index in [2.05, 4.69) is 5.32 Å². The molecule has 170 valence electrons. The first-order chi connectivity index (χ1) is 14.5. The van der Waals surface area contributed by atoms with Crippen molar-refractivity contribution >= 4 is 33.2 Å². The topological polar surface area (TPSA) is 84.9 Å². The lowest BCUT2D eigenvalue weighted by Gasteiger charge is -2.31. The number of hydrogen-bond acceptors (Lipinski definition) is 5. The average Bonchev–Trinajstić information content (AvgIpc) is 2.71. The zero-order chi connectivity index (χ0) is 23.3. The fourth-order valence-corrected chi connectivity index (χ4v) is 4.78. The number of aryl methyl sites for hydroxylation is 1. The number of nitrogens with one attached hydrogen (secondary N) is 1. The summed E-state index contributed by atoms with van der Waals surface area (Å²) < 4.78 is 36.9. The molecule has 0 heterocycles. The first kappa shape index (κ1) is 24.8. The highest BCUT2D eigenvalue weighted by molar-refractivity contribution is 7.92. The maximum absolute atomic E-state index is 13.1. The molecule has 2 rings (SSSR count). The monoisotopic (exact) mass is 468 g/mol. The summed E-state index contributed by atoms with van der Waals surface area (Å²) in [7, 11) is -0.786. The van der Waals surface area contributed by atoms with Crippen LogP contribution in [0.2, 0.25) is 5.02 Å². The Hall–Kier alpha value is -2.45. The van der Waals surface area contributed by atoms with E-state index in [1.54, 1.807) is 19.2 Å². The molecule has 0 aliphatic carbocycles. The van der Waals surface area contributed by atoms with Crippen molar-refractivity contribution in [1.29, 1.82) is 0 Å². The molecule has 0 aromatic heterocycles. The number of sulfonamides is 1. The van der Waals surface area contributed by atoms with Crippen LogP contribution in [-0.4, -0.2) is 40.8 Å². The number of amides is 1. The highest BCUT2D eigenvalue weighted by atomic mass is 35.5. The van der Waals surface area contributed by atoms with E-state index in [4.69, 9.17) is 21.1 Å². The Kier molecular flexibility index (Phi) is 8.20. The maximum atomic E-state index is 13.1. The average molecular weight is 469 g/mol. The van der Waals surface area contributed by atoms with Gasteiger partial charge < -0.3 is 14.8 Å². The van der Waals surface area contributed by atoms with Crippen molar-refractivity contribution in [2.45, 2.75) is 39.3 Å². The van der Waals surface area contributed by atoms with Gasteiger partial charge in [0.1, 0.15) is 17.5 Å². The number of hydrogen-bond donors (Lipinski definition) is 1. The fraction of sp³-hybridized carbons (Fsp3) is 0.409. The zero-order valence-corrected chi connectivity index (χ0v) is 20.2. The van der Waals surface area contributed by atoms with E-state index in [-0.39, 0.29) is 11.7 Å². The van der Waals surface area contributed by atoms with Crippen LogP contribution in [0.15, 0.2) is 36.4 Å². The van der Waals surface area contributed by atoms with Crippen LogP contribution in [-0.2, 0) is 14.8 Å². The highest BCUT2D eigenvalue weighted by Gasteiger charge is 2.32. The van der Waals surface area contributed by atoms with Crippen LogP contribution >= 0.6 is 11.6 Å². The number of carbonyl (C=O) groups is 1. The van der Waals surface area contributed by atoms with Crippen molar-refractivity contribution in [1.82, 2.24) is 5.32 Å². The molecule has 2 atom stereocenters. The van der Waals surface area contributed by atoms with E-state index < -0.39 is 22.0 Å². The van der Waals surface area contributed by atoms with Gasteiger partial charge in [0, 0.05) is 5.02 Å². The third-order valence-corrected chi connectivity index (χ3v) is 6.48. The quantitative estimate of drug-likeness (QED) is 0.599. The smallest absolute Gasteiger partial charge is 0.244 e. The molecule has 0 aliphatic rings.